The van der Waals surface area contributed by atoms with Crippen molar-refractivity contribution in [1.29, 1.82) is 10.5 Å². The van der Waals surface area contributed by atoms with E-state index in [1.165, 1.54) is 35.1 Å². The summed E-state index contributed by atoms with van der Waals surface area (Å²) in [7, 11) is 0. The number of amides is 3. The summed E-state index contributed by atoms with van der Waals surface area (Å²) in [6, 6.07) is 11.8. The zero-order chi connectivity index (χ0) is 21.3. The maximum absolute atomic E-state index is 13.3. The molecule has 2 aliphatic heterocycles. The van der Waals surface area contributed by atoms with Crippen molar-refractivity contribution in [3.63, 3.8) is 0 Å². The molecule has 0 aliphatic carbocycles. The number of imide groups is 1. The van der Waals surface area contributed by atoms with Crippen LogP contribution >= 0.6 is 23.4 Å². The van der Waals surface area contributed by atoms with Crippen LogP contribution in [0.15, 0.2) is 48.8 Å². The van der Waals surface area contributed by atoms with Gasteiger partial charge in [-0.15, -0.1) is 11.8 Å². The van der Waals surface area contributed by atoms with E-state index in [0.29, 0.717) is 5.02 Å². The van der Waals surface area contributed by atoms with Gasteiger partial charge in [-0.3, -0.25) is 9.78 Å². The Kier molecular flexibility index (Phi) is 5.45. The van der Waals surface area contributed by atoms with Gasteiger partial charge in [-0.2, -0.15) is 10.5 Å². The Balaban J connectivity index is 1.75. The highest BCUT2D eigenvalue weighted by Gasteiger charge is 2.49. The molecule has 1 aromatic carbocycles. The number of nitrogens with zero attached hydrogens (tertiary/aromatic N) is 5. The molecular formula is C21H14ClN5O2S. The zero-order valence-corrected chi connectivity index (χ0v) is 17.1. The van der Waals surface area contributed by atoms with Crippen molar-refractivity contribution in [3.8, 4) is 12.1 Å². The smallest absolute Gasteiger partial charge is 0.315 e. The van der Waals surface area contributed by atoms with Crippen LogP contribution in [0.25, 0.3) is 4.91 Å². The fourth-order valence-electron chi connectivity index (χ4n) is 3.49. The van der Waals surface area contributed by atoms with Gasteiger partial charge in [0.1, 0.15) is 11.3 Å². The average molecular weight is 436 g/mol. The average Bonchev–Trinajstić information content (AvgIpc) is 3.19. The number of rotatable bonds is 4. The first kappa shape index (κ1) is 20.0. The minimum atomic E-state index is -0.585. The van der Waals surface area contributed by atoms with Gasteiger partial charge in [-0.05, 0) is 18.2 Å². The molecule has 0 spiro atoms. The summed E-state index contributed by atoms with van der Waals surface area (Å²) in [5.74, 6) is -0.390. The lowest BCUT2D eigenvalue weighted by Gasteiger charge is -2.40. The molecule has 2 aliphatic rings. The third kappa shape index (κ3) is 3.41. The number of hydrogen-bond acceptors (Lipinski definition) is 6. The SMILES string of the molecule is N#CCCN1C(=O)N(c2cncc(C#N)c2)C(=O)C2SC(c3ccccc3Cl)=CC21. The summed E-state index contributed by atoms with van der Waals surface area (Å²) in [6.07, 6.45) is 4.74. The molecule has 3 heterocycles. The Labute approximate surface area is 182 Å². The van der Waals surface area contributed by atoms with Crippen LogP contribution in [0.4, 0.5) is 10.5 Å². The second kappa shape index (κ2) is 8.19. The van der Waals surface area contributed by atoms with Gasteiger partial charge in [0, 0.05) is 28.2 Å². The van der Waals surface area contributed by atoms with Crippen molar-refractivity contribution in [1.82, 2.24) is 9.88 Å². The van der Waals surface area contributed by atoms with E-state index in [4.69, 9.17) is 22.1 Å². The molecule has 1 fully saturated rings. The van der Waals surface area contributed by atoms with E-state index in [-0.39, 0.29) is 24.2 Å². The Morgan fingerprint density at radius 1 is 1.20 bits per heavy atom. The normalized spacial score (nSPS) is 20.4. The number of pyridine rings is 1. The van der Waals surface area contributed by atoms with Crippen LogP contribution in [0.2, 0.25) is 5.02 Å². The number of hydrogen-bond donors (Lipinski definition) is 0. The van der Waals surface area contributed by atoms with E-state index in [2.05, 4.69) is 11.1 Å². The summed E-state index contributed by atoms with van der Waals surface area (Å²) in [4.78, 5) is 33.9. The van der Waals surface area contributed by atoms with Crippen molar-refractivity contribution in [3.05, 3.63) is 65.0 Å². The van der Waals surface area contributed by atoms with E-state index in [9.17, 15) is 9.59 Å². The third-order valence-electron chi connectivity index (χ3n) is 4.86. The lowest BCUT2D eigenvalue weighted by Crippen LogP contribution is -2.62. The minimum Gasteiger partial charge on any atom is -0.315 e. The molecule has 30 heavy (non-hydrogen) atoms. The quantitative estimate of drug-likeness (QED) is 0.723. The maximum Gasteiger partial charge on any atom is 0.332 e. The van der Waals surface area contributed by atoms with E-state index in [1.54, 1.807) is 6.07 Å². The summed E-state index contributed by atoms with van der Waals surface area (Å²) in [6.45, 7) is 0.179. The Morgan fingerprint density at radius 3 is 2.73 bits per heavy atom. The van der Waals surface area contributed by atoms with Crippen LogP contribution in [0, 0.1) is 22.7 Å². The Hall–Kier alpha value is -3.33. The van der Waals surface area contributed by atoms with Crippen LogP contribution in [0.3, 0.4) is 0 Å². The number of anilines is 1. The molecule has 2 atom stereocenters. The van der Waals surface area contributed by atoms with Crippen molar-refractivity contribution in [2.75, 3.05) is 11.4 Å². The van der Waals surface area contributed by atoms with Gasteiger partial charge in [0.05, 0.1) is 36.0 Å². The van der Waals surface area contributed by atoms with Crippen molar-refractivity contribution >= 4 is 45.9 Å². The lowest BCUT2D eigenvalue weighted by molar-refractivity contribution is -0.119. The number of nitriles is 2. The van der Waals surface area contributed by atoms with Crippen LogP contribution in [0.1, 0.15) is 17.5 Å². The largest absolute Gasteiger partial charge is 0.332 e. The third-order valence-corrected chi connectivity index (χ3v) is 6.54. The topological polar surface area (TPSA) is 101 Å². The van der Waals surface area contributed by atoms with E-state index in [1.807, 2.05) is 30.3 Å². The van der Waals surface area contributed by atoms with Crippen LogP contribution in [0.5, 0.6) is 0 Å². The van der Waals surface area contributed by atoms with Gasteiger partial charge in [0.25, 0.3) is 5.91 Å². The molecule has 0 saturated carbocycles. The highest BCUT2D eigenvalue weighted by molar-refractivity contribution is 8.09. The van der Waals surface area contributed by atoms with E-state index >= 15 is 0 Å². The van der Waals surface area contributed by atoms with Crippen LogP contribution < -0.4 is 4.90 Å². The molecule has 3 amide bonds. The number of carbonyl (C=O) groups is 2. The summed E-state index contributed by atoms with van der Waals surface area (Å²) >= 11 is 7.67. The van der Waals surface area contributed by atoms with E-state index < -0.39 is 23.2 Å². The van der Waals surface area contributed by atoms with Crippen molar-refractivity contribution in [2.45, 2.75) is 17.7 Å². The predicted octanol–water partition coefficient (Wildman–Crippen LogP) is 3.81. The predicted molar refractivity (Wildman–Crippen MR) is 113 cm³/mol. The number of thioether (sulfide) groups is 1. The number of aromatic nitrogens is 1. The van der Waals surface area contributed by atoms with E-state index in [0.717, 1.165) is 15.4 Å². The molecule has 0 radical (unpaired) electrons. The standard InChI is InChI=1S/C21H14ClN5O2S/c22-16-5-2-1-4-15(16)18-9-17-19(30-18)20(28)27(21(29)26(17)7-3-6-23)14-8-13(10-24)11-25-12-14/h1-2,4-5,8-9,11-12,17,19H,3,7H2. The lowest BCUT2D eigenvalue weighted by atomic mass is 10.0. The number of urea groups is 1. The molecular weight excluding hydrogens is 422 g/mol. The zero-order valence-electron chi connectivity index (χ0n) is 15.5. The molecule has 4 rings (SSSR count). The molecule has 0 bridgehead atoms. The Bertz CT molecular complexity index is 1150. The minimum absolute atomic E-state index is 0.132. The van der Waals surface area contributed by atoms with Gasteiger partial charge in [0.2, 0.25) is 0 Å². The first-order valence-electron chi connectivity index (χ1n) is 9.05. The number of fused-ring (bicyclic) bond motifs is 1. The van der Waals surface area contributed by atoms with Gasteiger partial charge >= 0.3 is 6.03 Å². The van der Waals surface area contributed by atoms with Crippen molar-refractivity contribution < 1.29 is 9.59 Å². The second-order valence-electron chi connectivity index (χ2n) is 6.64. The van der Waals surface area contributed by atoms with Gasteiger partial charge in [-0.1, -0.05) is 29.8 Å². The number of carbonyl (C=O) groups excluding carboxylic acids is 2. The molecule has 1 aromatic heterocycles. The van der Waals surface area contributed by atoms with Crippen LogP contribution in [-0.4, -0.2) is 39.7 Å². The highest BCUT2D eigenvalue weighted by atomic mass is 35.5. The van der Waals surface area contributed by atoms with Crippen molar-refractivity contribution in [2.24, 2.45) is 0 Å². The molecule has 148 valence electrons. The van der Waals surface area contributed by atoms with Gasteiger partial charge < -0.3 is 4.90 Å². The number of halogens is 1. The molecule has 7 nitrogen and oxygen atoms in total. The maximum atomic E-state index is 13.3. The first-order chi connectivity index (χ1) is 14.5. The molecule has 9 heteroatoms. The van der Waals surface area contributed by atoms with Gasteiger partial charge in [-0.25, -0.2) is 9.69 Å². The first-order valence-corrected chi connectivity index (χ1v) is 10.3. The Morgan fingerprint density at radius 2 is 2.00 bits per heavy atom. The molecule has 2 aromatic rings. The summed E-state index contributed by atoms with van der Waals surface area (Å²) in [5.41, 5.74) is 1.27. The summed E-state index contributed by atoms with van der Waals surface area (Å²) < 4.78 is 0. The molecule has 0 N–H and O–H groups in total. The van der Waals surface area contributed by atoms with Gasteiger partial charge in [0.15, 0.2) is 0 Å². The fraction of sp³-hybridized carbons (Fsp3) is 0.190. The summed E-state index contributed by atoms with van der Waals surface area (Å²) in [5, 5.41) is 18.2. The highest BCUT2D eigenvalue weighted by Crippen LogP contribution is 2.46. The second-order valence-corrected chi connectivity index (χ2v) is 8.23. The number of benzene rings is 1. The monoisotopic (exact) mass is 435 g/mol. The fourth-order valence-corrected chi connectivity index (χ4v) is 5.16. The molecule has 2 unspecified atom stereocenters. The van der Waals surface area contributed by atoms with Crippen LogP contribution in [-0.2, 0) is 4.79 Å². The molecule has 1 saturated heterocycles.